The maximum atomic E-state index is 13.8. The van der Waals surface area contributed by atoms with Gasteiger partial charge in [0.2, 0.25) is 5.91 Å². The van der Waals surface area contributed by atoms with Gasteiger partial charge in [0, 0.05) is 24.1 Å². The number of hydrogen-bond acceptors (Lipinski definition) is 8. The summed E-state index contributed by atoms with van der Waals surface area (Å²) in [4.78, 5) is 38.8. The summed E-state index contributed by atoms with van der Waals surface area (Å²) >= 11 is 6.35. The molecule has 0 spiro atoms. The molecule has 42 heavy (non-hydrogen) atoms. The lowest BCUT2D eigenvalue weighted by atomic mass is 9.98. The fourth-order valence-electron chi connectivity index (χ4n) is 4.21. The Morgan fingerprint density at radius 3 is 2.33 bits per heavy atom. The standard InChI is InChI=1S/C29H24F2N2O7S2/c1-14-8-16(26(35)18(9-14)15-4-5-19(30)20(31)10-15)13-23-27(36)33(29(41)42-23)7-6-24(34)32-25-21(39-2)11-17(28(37)38)12-22(25)40-3/h4-5,8-13,35H,6-7H2,1-3H3,(H,32,34)(H,37,38)/b23-13-. The second-order valence-corrected chi connectivity index (χ2v) is 10.7. The van der Waals surface area contributed by atoms with Crippen molar-refractivity contribution in [3.05, 3.63) is 75.7 Å². The number of ether oxygens (including phenoxy) is 2. The number of rotatable bonds is 9. The summed E-state index contributed by atoms with van der Waals surface area (Å²) in [5, 5.41) is 22.8. The first-order valence-corrected chi connectivity index (χ1v) is 13.5. The molecule has 3 aromatic rings. The Labute approximate surface area is 248 Å². The van der Waals surface area contributed by atoms with Gasteiger partial charge in [-0.3, -0.25) is 14.5 Å². The summed E-state index contributed by atoms with van der Waals surface area (Å²) in [6, 6.07) is 9.01. The molecule has 0 aliphatic carbocycles. The maximum absolute atomic E-state index is 13.8. The van der Waals surface area contributed by atoms with Gasteiger partial charge in [0.15, 0.2) is 11.6 Å². The number of benzene rings is 3. The number of amides is 2. The van der Waals surface area contributed by atoms with Gasteiger partial charge in [-0.2, -0.15) is 0 Å². The van der Waals surface area contributed by atoms with Crippen LogP contribution in [0.2, 0.25) is 0 Å². The van der Waals surface area contributed by atoms with Crippen LogP contribution < -0.4 is 14.8 Å². The third kappa shape index (κ3) is 6.37. The average molecular weight is 615 g/mol. The Balaban J connectivity index is 1.51. The molecule has 0 aromatic heterocycles. The Kier molecular flexibility index (Phi) is 9.12. The van der Waals surface area contributed by atoms with Crippen LogP contribution in [0, 0.1) is 18.6 Å². The molecule has 1 fully saturated rings. The van der Waals surface area contributed by atoms with Crippen LogP contribution in [-0.2, 0) is 9.59 Å². The van der Waals surface area contributed by atoms with Gasteiger partial charge in [0.25, 0.3) is 5.91 Å². The first-order chi connectivity index (χ1) is 19.9. The number of carbonyl (C=O) groups excluding carboxylic acids is 2. The molecule has 218 valence electrons. The average Bonchev–Trinajstić information content (AvgIpc) is 3.22. The minimum absolute atomic E-state index is 0.0639. The van der Waals surface area contributed by atoms with Gasteiger partial charge >= 0.3 is 5.97 Å². The number of halogens is 2. The Morgan fingerprint density at radius 1 is 1.07 bits per heavy atom. The molecular weight excluding hydrogens is 590 g/mol. The summed E-state index contributed by atoms with van der Waals surface area (Å²) < 4.78 is 37.9. The minimum Gasteiger partial charge on any atom is -0.507 e. The van der Waals surface area contributed by atoms with Crippen molar-refractivity contribution >= 4 is 57.8 Å². The number of thiocarbonyl (C=S) groups is 1. The van der Waals surface area contributed by atoms with E-state index in [2.05, 4.69) is 5.32 Å². The van der Waals surface area contributed by atoms with Crippen molar-refractivity contribution in [1.82, 2.24) is 4.90 Å². The van der Waals surface area contributed by atoms with E-state index >= 15 is 0 Å². The lowest BCUT2D eigenvalue weighted by molar-refractivity contribution is -0.122. The normalized spacial score (nSPS) is 13.9. The first kappa shape index (κ1) is 30.5. The van der Waals surface area contributed by atoms with Crippen molar-refractivity contribution in [2.75, 3.05) is 26.1 Å². The molecule has 0 atom stereocenters. The second-order valence-electron chi connectivity index (χ2n) is 9.07. The molecule has 1 heterocycles. The van der Waals surface area contributed by atoms with Gasteiger partial charge in [0.1, 0.15) is 27.3 Å². The molecule has 1 saturated heterocycles. The van der Waals surface area contributed by atoms with Gasteiger partial charge < -0.3 is 25.0 Å². The Hall–Kier alpha value is -4.49. The number of carboxylic acid groups (broad SMARTS) is 1. The van der Waals surface area contributed by atoms with Crippen LogP contribution in [0.1, 0.15) is 27.9 Å². The number of carboxylic acids is 1. The molecule has 1 aliphatic rings. The van der Waals surface area contributed by atoms with Crippen LogP contribution in [-0.4, -0.2) is 58.0 Å². The second kappa shape index (κ2) is 12.6. The predicted octanol–water partition coefficient (Wildman–Crippen LogP) is 5.59. The van der Waals surface area contributed by atoms with Gasteiger partial charge in [0.05, 0.1) is 24.7 Å². The number of phenolic OH excluding ortho intramolecular Hbond substituents is 1. The molecular formula is C29H24F2N2O7S2. The van der Waals surface area contributed by atoms with E-state index in [1.807, 2.05) is 0 Å². The molecule has 0 bridgehead atoms. The highest BCUT2D eigenvalue weighted by atomic mass is 32.2. The fourth-order valence-corrected chi connectivity index (χ4v) is 5.51. The molecule has 1 aliphatic heterocycles. The van der Waals surface area contributed by atoms with Gasteiger partial charge in [-0.15, -0.1) is 0 Å². The van der Waals surface area contributed by atoms with Crippen LogP contribution in [0.25, 0.3) is 17.2 Å². The molecule has 4 rings (SSSR count). The lowest BCUT2D eigenvalue weighted by Gasteiger charge is -2.17. The number of nitrogens with zero attached hydrogens (tertiary/aromatic N) is 1. The summed E-state index contributed by atoms with van der Waals surface area (Å²) in [6.07, 6.45) is 1.29. The highest BCUT2D eigenvalue weighted by molar-refractivity contribution is 8.26. The molecule has 13 heteroatoms. The highest BCUT2D eigenvalue weighted by Crippen LogP contribution is 2.39. The zero-order valence-corrected chi connectivity index (χ0v) is 24.1. The summed E-state index contributed by atoms with van der Waals surface area (Å²) in [5.74, 6) is -4.34. The van der Waals surface area contributed by atoms with Crippen molar-refractivity contribution in [2.24, 2.45) is 0 Å². The lowest BCUT2D eigenvalue weighted by Crippen LogP contribution is -2.31. The fraction of sp³-hybridized carbons (Fsp3) is 0.172. The van der Waals surface area contributed by atoms with E-state index in [1.54, 1.807) is 19.1 Å². The highest BCUT2D eigenvalue weighted by Gasteiger charge is 2.32. The van der Waals surface area contributed by atoms with Crippen molar-refractivity contribution in [3.8, 4) is 28.4 Å². The van der Waals surface area contributed by atoms with E-state index in [-0.39, 0.29) is 67.4 Å². The van der Waals surface area contributed by atoms with E-state index in [1.165, 1.54) is 43.4 Å². The third-order valence-electron chi connectivity index (χ3n) is 6.25. The maximum Gasteiger partial charge on any atom is 0.335 e. The SMILES string of the molecule is COc1cc(C(=O)O)cc(OC)c1NC(=O)CCN1C(=O)/C(=C/c2cc(C)cc(-c3ccc(F)c(F)c3)c2O)SC1=S. The number of aryl methyl sites for hydroxylation is 1. The Morgan fingerprint density at radius 2 is 1.74 bits per heavy atom. The minimum atomic E-state index is -1.20. The van der Waals surface area contributed by atoms with Crippen molar-refractivity contribution in [1.29, 1.82) is 0 Å². The molecule has 3 aromatic carbocycles. The van der Waals surface area contributed by atoms with Gasteiger partial charge in [-0.1, -0.05) is 30.0 Å². The Bertz CT molecular complexity index is 1630. The van der Waals surface area contributed by atoms with E-state index in [0.29, 0.717) is 5.56 Å². The number of carbonyl (C=O) groups is 3. The number of aromatic hydroxyl groups is 1. The van der Waals surface area contributed by atoms with Crippen LogP contribution in [0.15, 0.2) is 47.4 Å². The number of anilines is 1. The first-order valence-electron chi connectivity index (χ1n) is 12.3. The molecule has 0 saturated carbocycles. The quantitative estimate of drug-likeness (QED) is 0.209. The van der Waals surface area contributed by atoms with E-state index in [0.717, 1.165) is 23.9 Å². The zero-order chi connectivity index (χ0) is 30.7. The van der Waals surface area contributed by atoms with Crippen molar-refractivity contribution < 1.29 is 42.9 Å². The number of hydrogen-bond donors (Lipinski definition) is 3. The van der Waals surface area contributed by atoms with Crippen molar-refractivity contribution in [3.63, 3.8) is 0 Å². The van der Waals surface area contributed by atoms with Crippen LogP contribution >= 0.6 is 24.0 Å². The van der Waals surface area contributed by atoms with Crippen LogP contribution in [0.5, 0.6) is 17.2 Å². The smallest absolute Gasteiger partial charge is 0.335 e. The zero-order valence-electron chi connectivity index (χ0n) is 22.5. The molecule has 0 unspecified atom stereocenters. The van der Waals surface area contributed by atoms with Crippen molar-refractivity contribution in [2.45, 2.75) is 13.3 Å². The monoisotopic (exact) mass is 614 g/mol. The van der Waals surface area contributed by atoms with Crippen LogP contribution in [0.3, 0.4) is 0 Å². The predicted molar refractivity (Wildman–Crippen MR) is 158 cm³/mol. The third-order valence-corrected chi connectivity index (χ3v) is 7.63. The number of aromatic carboxylic acids is 1. The topological polar surface area (TPSA) is 125 Å². The van der Waals surface area contributed by atoms with Gasteiger partial charge in [-0.25, -0.2) is 13.6 Å². The summed E-state index contributed by atoms with van der Waals surface area (Å²) in [7, 11) is 2.63. The van der Waals surface area contributed by atoms with Crippen LogP contribution in [0.4, 0.5) is 14.5 Å². The largest absolute Gasteiger partial charge is 0.507 e. The molecule has 0 radical (unpaired) electrons. The van der Waals surface area contributed by atoms with E-state index in [4.69, 9.17) is 21.7 Å². The number of methoxy groups -OCH3 is 2. The number of thioether (sulfide) groups is 1. The number of phenols is 1. The number of nitrogens with one attached hydrogen (secondary N) is 1. The summed E-state index contributed by atoms with van der Waals surface area (Å²) in [5.41, 5.74) is 1.53. The van der Waals surface area contributed by atoms with E-state index in [9.17, 15) is 33.4 Å². The van der Waals surface area contributed by atoms with E-state index < -0.39 is 29.4 Å². The van der Waals surface area contributed by atoms with Gasteiger partial charge in [-0.05, 0) is 60.5 Å². The molecule has 9 nitrogen and oxygen atoms in total. The summed E-state index contributed by atoms with van der Waals surface area (Å²) in [6.45, 7) is 1.69. The molecule has 3 N–H and O–H groups in total. The molecule has 2 amide bonds.